The molecule has 0 bridgehead atoms. The number of halogens is 2. The first kappa shape index (κ1) is 22.5. The maximum absolute atomic E-state index is 13.1. The van der Waals surface area contributed by atoms with E-state index < -0.39 is 11.8 Å². The van der Waals surface area contributed by atoms with Crippen molar-refractivity contribution in [3.8, 4) is 6.07 Å². The number of hydrogen-bond acceptors (Lipinski definition) is 5. The summed E-state index contributed by atoms with van der Waals surface area (Å²) in [6, 6.07) is 12.9. The van der Waals surface area contributed by atoms with Crippen LogP contribution in [0.5, 0.6) is 0 Å². The Balaban J connectivity index is 1.36. The fraction of sp³-hybridized carbons (Fsp3) is 0.318. The number of carbonyl (C=O) groups excluding carboxylic acids is 2. The van der Waals surface area contributed by atoms with Crippen LogP contribution in [0.2, 0.25) is 5.02 Å². The zero-order valence-corrected chi connectivity index (χ0v) is 17.7. The first-order chi connectivity index (χ1) is 15.0. The number of nitrogens with zero attached hydrogens (tertiary/aromatic N) is 3. The standard InChI is InChI=1S/C22H23ClFN5O2/c23-17-3-2-16(15-25)20(14-17)27-22(31)21(30)26-8-1-9-28-10-12-29(13-11-28)19-6-4-18(24)5-7-19/h2-7,14H,1,8-13H2,(H,26,30)(H,27,31). The molecule has 0 aliphatic carbocycles. The SMILES string of the molecule is N#Cc1ccc(Cl)cc1NC(=O)C(=O)NCCCN1CCN(c2ccc(F)cc2)CC1. The van der Waals surface area contributed by atoms with Gasteiger partial charge in [-0.05, 0) is 55.4 Å². The van der Waals surface area contributed by atoms with E-state index in [9.17, 15) is 14.0 Å². The molecule has 162 valence electrons. The molecule has 2 amide bonds. The van der Waals surface area contributed by atoms with Crippen LogP contribution in [0.1, 0.15) is 12.0 Å². The van der Waals surface area contributed by atoms with E-state index in [1.165, 1.54) is 30.3 Å². The van der Waals surface area contributed by atoms with Crippen LogP contribution < -0.4 is 15.5 Å². The molecule has 9 heteroatoms. The van der Waals surface area contributed by atoms with Gasteiger partial charge in [0.2, 0.25) is 0 Å². The van der Waals surface area contributed by atoms with E-state index in [-0.39, 0.29) is 17.1 Å². The summed E-state index contributed by atoms with van der Waals surface area (Å²) < 4.78 is 13.1. The average molecular weight is 444 g/mol. The van der Waals surface area contributed by atoms with Gasteiger partial charge in [-0.3, -0.25) is 14.5 Å². The molecule has 1 aliphatic rings. The lowest BCUT2D eigenvalue weighted by atomic mass is 10.2. The van der Waals surface area contributed by atoms with Crippen LogP contribution in [-0.4, -0.2) is 56.0 Å². The summed E-state index contributed by atoms with van der Waals surface area (Å²) in [6.07, 6.45) is 0.705. The van der Waals surface area contributed by atoms with E-state index in [0.29, 0.717) is 18.0 Å². The lowest BCUT2D eigenvalue weighted by Crippen LogP contribution is -2.47. The highest BCUT2D eigenvalue weighted by atomic mass is 35.5. The van der Waals surface area contributed by atoms with Gasteiger partial charge in [-0.15, -0.1) is 0 Å². The normalized spacial score (nSPS) is 14.0. The summed E-state index contributed by atoms with van der Waals surface area (Å²) in [4.78, 5) is 28.6. The largest absolute Gasteiger partial charge is 0.369 e. The lowest BCUT2D eigenvalue weighted by Gasteiger charge is -2.36. The summed E-state index contributed by atoms with van der Waals surface area (Å²) in [6.45, 7) is 4.61. The van der Waals surface area contributed by atoms with Gasteiger partial charge in [-0.25, -0.2) is 4.39 Å². The molecular formula is C22H23ClFN5O2. The van der Waals surface area contributed by atoms with Gasteiger partial charge < -0.3 is 15.5 Å². The second kappa shape index (κ2) is 10.8. The van der Waals surface area contributed by atoms with Crippen molar-refractivity contribution in [1.82, 2.24) is 10.2 Å². The maximum atomic E-state index is 13.1. The molecular weight excluding hydrogens is 421 g/mol. The van der Waals surface area contributed by atoms with E-state index in [1.54, 1.807) is 12.1 Å². The Labute approximate surface area is 185 Å². The minimum Gasteiger partial charge on any atom is -0.369 e. The van der Waals surface area contributed by atoms with Gasteiger partial charge in [0, 0.05) is 43.4 Å². The van der Waals surface area contributed by atoms with Crippen molar-refractivity contribution in [3.05, 3.63) is 58.9 Å². The molecule has 2 N–H and O–H groups in total. The molecule has 7 nitrogen and oxygen atoms in total. The van der Waals surface area contributed by atoms with Gasteiger partial charge in [0.05, 0.1) is 11.3 Å². The van der Waals surface area contributed by atoms with Gasteiger partial charge in [-0.1, -0.05) is 11.6 Å². The molecule has 0 atom stereocenters. The van der Waals surface area contributed by atoms with Crippen LogP contribution in [0.4, 0.5) is 15.8 Å². The Morgan fingerprint density at radius 2 is 1.77 bits per heavy atom. The Morgan fingerprint density at radius 1 is 1.06 bits per heavy atom. The molecule has 3 rings (SSSR count). The molecule has 0 aromatic heterocycles. The molecule has 2 aromatic rings. The van der Waals surface area contributed by atoms with Crippen molar-refractivity contribution in [2.75, 3.05) is 49.5 Å². The van der Waals surface area contributed by atoms with Crippen molar-refractivity contribution in [3.63, 3.8) is 0 Å². The van der Waals surface area contributed by atoms with Gasteiger partial charge in [0.1, 0.15) is 11.9 Å². The topological polar surface area (TPSA) is 88.5 Å². The third-order valence-corrected chi connectivity index (χ3v) is 5.29. The number of anilines is 2. The van der Waals surface area contributed by atoms with Crippen molar-refractivity contribution in [2.24, 2.45) is 0 Å². The fourth-order valence-electron chi connectivity index (χ4n) is 3.36. The number of benzene rings is 2. The van der Waals surface area contributed by atoms with Crippen molar-refractivity contribution in [1.29, 1.82) is 5.26 Å². The molecule has 1 heterocycles. The second-order valence-electron chi connectivity index (χ2n) is 7.17. The number of nitriles is 1. The van der Waals surface area contributed by atoms with Crippen LogP contribution in [0, 0.1) is 17.1 Å². The molecule has 31 heavy (non-hydrogen) atoms. The van der Waals surface area contributed by atoms with Crippen LogP contribution in [-0.2, 0) is 9.59 Å². The van der Waals surface area contributed by atoms with Crippen molar-refractivity contribution >= 4 is 34.8 Å². The van der Waals surface area contributed by atoms with Crippen molar-refractivity contribution < 1.29 is 14.0 Å². The van der Waals surface area contributed by atoms with Crippen LogP contribution in [0.25, 0.3) is 0 Å². The minimum atomic E-state index is -0.841. The zero-order valence-electron chi connectivity index (χ0n) is 16.9. The number of nitrogens with one attached hydrogen (secondary N) is 2. The first-order valence-corrected chi connectivity index (χ1v) is 10.4. The number of rotatable bonds is 6. The Kier molecular flexibility index (Phi) is 7.82. The highest BCUT2D eigenvalue weighted by Gasteiger charge is 2.18. The summed E-state index contributed by atoms with van der Waals surface area (Å²) in [5, 5.41) is 14.5. The number of hydrogen-bond donors (Lipinski definition) is 2. The Hall–Kier alpha value is -3.15. The second-order valence-corrected chi connectivity index (χ2v) is 7.61. The van der Waals surface area contributed by atoms with Crippen molar-refractivity contribution in [2.45, 2.75) is 6.42 Å². The number of carbonyl (C=O) groups is 2. The monoisotopic (exact) mass is 443 g/mol. The fourth-order valence-corrected chi connectivity index (χ4v) is 3.54. The van der Waals surface area contributed by atoms with E-state index in [2.05, 4.69) is 20.4 Å². The van der Waals surface area contributed by atoms with E-state index in [4.69, 9.17) is 16.9 Å². The highest BCUT2D eigenvalue weighted by molar-refractivity contribution is 6.40. The third-order valence-electron chi connectivity index (χ3n) is 5.06. The average Bonchev–Trinajstić information content (AvgIpc) is 2.77. The quantitative estimate of drug-likeness (QED) is 0.529. The van der Waals surface area contributed by atoms with Gasteiger partial charge in [0.15, 0.2) is 0 Å². The molecule has 0 unspecified atom stereocenters. The van der Waals surface area contributed by atoms with Gasteiger partial charge >= 0.3 is 11.8 Å². The Bertz CT molecular complexity index is 969. The van der Waals surface area contributed by atoms with E-state index in [1.807, 2.05) is 6.07 Å². The number of piperazine rings is 1. The van der Waals surface area contributed by atoms with E-state index >= 15 is 0 Å². The molecule has 0 spiro atoms. The summed E-state index contributed by atoms with van der Waals surface area (Å²) in [7, 11) is 0. The smallest absolute Gasteiger partial charge is 0.313 e. The predicted molar refractivity (Wildman–Crippen MR) is 117 cm³/mol. The zero-order chi connectivity index (χ0) is 22.2. The minimum absolute atomic E-state index is 0.203. The molecule has 1 fully saturated rings. The van der Waals surface area contributed by atoms with Gasteiger partial charge in [0.25, 0.3) is 0 Å². The predicted octanol–water partition coefficient (Wildman–Crippen LogP) is 2.62. The number of amides is 2. The molecule has 1 saturated heterocycles. The van der Waals surface area contributed by atoms with Gasteiger partial charge in [-0.2, -0.15) is 5.26 Å². The first-order valence-electron chi connectivity index (χ1n) is 9.98. The molecule has 0 saturated carbocycles. The molecule has 2 aromatic carbocycles. The highest BCUT2D eigenvalue weighted by Crippen LogP contribution is 2.20. The maximum Gasteiger partial charge on any atom is 0.313 e. The molecule has 1 aliphatic heterocycles. The summed E-state index contributed by atoms with van der Waals surface area (Å²) >= 11 is 5.88. The lowest BCUT2D eigenvalue weighted by molar-refractivity contribution is -0.136. The summed E-state index contributed by atoms with van der Waals surface area (Å²) in [5.41, 5.74) is 1.44. The van der Waals surface area contributed by atoms with Crippen LogP contribution >= 0.6 is 11.6 Å². The molecule has 0 radical (unpaired) electrons. The van der Waals surface area contributed by atoms with E-state index in [0.717, 1.165) is 38.4 Å². The third kappa shape index (κ3) is 6.41. The summed E-state index contributed by atoms with van der Waals surface area (Å²) in [5.74, 6) is -1.84. The van der Waals surface area contributed by atoms with Crippen LogP contribution in [0.3, 0.4) is 0 Å². The van der Waals surface area contributed by atoms with Crippen LogP contribution in [0.15, 0.2) is 42.5 Å². The Morgan fingerprint density at radius 3 is 2.45 bits per heavy atom.